The summed E-state index contributed by atoms with van der Waals surface area (Å²) in [6, 6.07) is 10.00. The highest BCUT2D eigenvalue weighted by Gasteiger charge is 2.22. The van der Waals surface area contributed by atoms with Crippen LogP contribution in [0.2, 0.25) is 0 Å². The van der Waals surface area contributed by atoms with Crippen LogP contribution in [-0.2, 0) is 9.84 Å². The first-order valence-electron chi connectivity index (χ1n) is 4.27. The zero-order valence-electron chi connectivity index (χ0n) is 7.85. The summed E-state index contributed by atoms with van der Waals surface area (Å²) in [5, 5.41) is 0. The van der Waals surface area contributed by atoms with E-state index in [-0.39, 0.29) is 0 Å². The number of rotatable bonds is 2. The minimum atomic E-state index is -3.42. The average molecular weight is 382 g/mol. The van der Waals surface area contributed by atoms with Gasteiger partial charge >= 0.3 is 0 Å². The minimum absolute atomic E-state index is 0.301. The fourth-order valence-corrected chi connectivity index (χ4v) is 6.32. The van der Waals surface area contributed by atoms with Crippen LogP contribution in [0.15, 0.2) is 53.8 Å². The zero-order valence-corrected chi connectivity index (χ0v) is 12.7. The van der Waals surface area contributed by atoms with E-state index >= 15 is 0 Å². The maximum Gasteiger partial charge on any atom is 0.208 e. The van der Waals surface area contributed by atoms with Gasteiger partial charge in [0.2, 0.25) is 9.84 Å². The summed E-state index contributed by atoms with van der Waals surface area (Å²) in [6.45, 7) is 0. The smallest absolute Gasteiger partial charge is 0.208 e. The minimum Gasteiger partial charge on any atom is -0.218 e. The van der Waals surface area contributed by atoms with Crippen molar-refractivity contribution in [1.29, 1.82) is 0 Å². The quantitative estimate of drug-likeness (QED) is 0.784. The SMILES string of the molecule is O=S(=O)(c1ccccc1)c1cc(Br)sc1Br. The van der Waals surface area contributed by atoms with Crippen LogP contribution in [0.1, 0.15) is 0 Å². The molecule has 0 unspecified atom stereocenters. The molecule has 16 heavy (non-hydrogen) atoms. The molecule has 1 aromatic carbocycles. The lowest BCUT2D eigenvalue weighted by molar-refractivity contribution is 0.596. The van der Waals surface area contributed by atoms with Crippen LogP contribution < -0.4 is 0 Å². The molecule has 0 bridgehead atoms. The molecule has 0 fully saturated rings. The summed E-state index contributed by atoms with van der Waals surface area (Å²) >= 11 is 7.88. The number of halogens is 2. The van der Waals surface area contributed by atoms with Crippen molar-refractivity contribution in [2.45, 2.75) is 9.79 Å². The van der Waals surface area contributed by atoms with Crippen molar-refractivity contribution < 1.29 is 8.42 Å². The van der Waals surface area contributed by atoms with E-state index in [1.807, 2.05) is 0 Å². The molecule has 2 nitrogen and oxygen atoms in total. The van der Waals surface area contributed by atoms with Crippen molar-refractivity contribution in [2.75, 3.05) is 0 Å². The summed E-state index contributed by atoms with van der Waals surface area (Å²) < 4.78 is 25.8. The summed E-state index contributed by atoms with van der Waals surface area (Å²) in [5.74, 6) is 0. The highest BCUT2D eigenvalue weighted by atomic mass is 79.9. The third-order valence-corrected chi connectivity index (χ3v) is 6.49. The number of thiophene rings is 1. The fourth-order valence-electron chi connectivity index (χ4n) is 1.23. The molecule has 0 aliphatic heterocycles. The molecule has 0 spiro atoms. The van der Waals surface area contributed by atoms with Crippen LogP contribution in [-0.4, -0.2) is 8.42 Å². The molecule has 0 aliphatic carbocycles. The lowest BCUT2D eigenvalue weighted by Gasteiger charge is -2.01. The van der Waals surface area contributed by atoms with Gasteiger partial charge in [-0.2, -0.15) is 0 Å². The van der Waals surface area contributed by atoms with E-state index in [9.17, 15) is 8.42 Å². The highest BCUT2D eigenvalue weighted by molar-refractivity contribution is 9.12. The van der Waals surface area contributed by atoms with Gasteiger partial charge in [-0.05, 0) is 50.1 Å². The van der Waals surface area contributed by atoms with Gasteiger partial charge in [-0.15, -0.1) is 11.3 Å². The molecular formula is C10H6Br2O2S2. The molecule has 0 radical (unpaired) electrons. The summed E-state index contributed by atoms with van der Waals surface area (Å²) in [7, 11) is -3.42. The predicted molar refractivity (Wildman–Crippen MR) is 71.6 cm³/mol. The molecule has 2 rings (SSSR count). The number of benzene rings is 1. The van der Waals surface area contributed by atoms with Gasteiger partial charge in [0, 0.05) is 0 Å². The van der Waals surface area contributed by atoms with E-state index in [0.717, 1.165) is 3.79 Å². The maximum absolute atomic E-state index is 12.2. The Morgan fingerprint density at radius 3 is 2.19 bits per heavy atom. The van der Waals surface area contributed by atoms with E-state index < -0.39 is 9.84 Å². The number of hydrogen-bond acceptors (Lipinski definition) is 3. The third kappa shape index (κ3) is 2.25. The maximum atomic E-state index is 12.2. The lowest BCUT2D eigenvalue weighted by atomic mass is 10.4. The molecule has 0 amide bonds. The first-order valence-corrected chi connectivity index (χ1v) is 8.15. The summed E-state index contributed by atoms with van der Waals surface area (Å²) in [6.07, 6.45) is 0. The standard InChI is InChI=1S/C10H6Br2O2S2/c11-9-6-8(10(12)15-9)16(13,14)7-4-2-1-3-5-7/h1-6H. The molecule has 0 aliphatic rings. The summed E-state index contributed by atoms with van der Waals surface area (Å²) in [4.78, 5) is 0.608. The van der Waals surface area contributed by atoms with Crippen molar-refractivity contribution >= 4 is 53.0 Å². The Morgan fingerprint density at radius 2 is 1.69 bits per heavy atom. The molecule has 0 saturated carbocycles. The predicted octanol–water partition coefficient (Wildman–Crippen LogP) is 4.11. The van der Waals surface area contributed by atoms with E-state index in [4.69, 9.17) is 0 Å². The van der Waals surface area contributed by atoms with Crippen LogP contribution in [0.3, 0.4) is 0 Å². The summed E-state index contributed by atoms with van der Waals surface area (Å²) in [5.41, 5.74) is 0. The van der Waals surface area contributed by atoms with E-state index in [1.165, 1.54) is 11.3 Å². The van der Waals surface area contributed by atoms with Crippen LogP contribution in [0, 0.1) is 0 Å². The average Bonchev–Trinajstić information content (AvgIpc) is 2.60. The second-order valence-corrected chi connectivity index (χ2v) is 8.67. The van der Waals surface area contributed by atoms with Gasteiger partial charge < -0.3 is 0 Å². The van der Waals surface area contributed by atoms with Crippen LogP contribution in [0.5, 0.6) is 0 Å². The highest BCUT2D eigenvalue weighted by Crippen LogP contribution is 2.37. The van der Waals surface area contributed by atoms with Crippen molar-refractivity contribution in [3.63, 3.8) is 0 Å². The molecule has 1 heterocycles. The van der Waals surface area contributed by atoms with Gasteiger partial charge in [0.25, 0.3) is 0 Å². The molecule has 84 valence electrons. The van der Waals surface area contributed by atoms with Crippen molar-refractivity contribution in [1.82, 2.24) is 0 Å². The Labute approximate surface area is 114 Å². The Morgan fingerprint density at radius 1 is 1.06 bits per heavy atom. The molecule has 2 aromatic rings. The van der Waals surface area contributed by atoms with Gasteiger partial charge in [-0.25, -0.2) is 8.42 Å². The van der Waals surface area contributed by atoms with E-state index in [2.05, 4.69) is 31.9 Å². The van der Waals surface area contributed by atoms with Gasteiger partial charge in [0.1, 0.15) is 0 Å². The monoisotopic (exact) mass is 380 g/mol. The van der Waals surface area contributed by atoms with Gasteiger partial charge in [0.05, 0.1) is 17.4 Å². The van der Waals surface area contributed by atoms with Crippen LogP contribution in [0.4, 0.5) is 0 Å². The Kier molecular flexibility index (Phi) is 3.53. The van der Waals surface area contributed by atoms with Crippen molar-refractivity contribution in [3.8, 4) is 0 Å². The first kappa shape index (κ1) is 12.3. The Hall–Kier alpha value is -0.170. The topological polar surface area (TPSA) is 34.1 Å². The second-order valence-electron chi connectivity index (χ2n) is 3.00. The molecule has 6 heteroatoms. The third-order valence-electron chi connectivity index (χ3n) is 1.97. The molecule has 0 saturated heterocycles. The molecular weight excluding hydrogens is 376 g/mol. The lowest BCUT2D eigenvalue weighted by Crippen LogP contribution is -2.00. The number of hydrogen-bond donors (Lipinski definition) is 0. The molecule has 0 atom stereocenters. The van der Waals surface area contributed by atoms with Gasteiger partial charge in [-0.1, -0.05) is 18.2 Å². The van der Waals surface area contributed by atoms with E-state index in [1.54, 1.807) is 36.4 Å². The van der Waals surface area contributed by atoms with Crippen molar-refractivity contribution in [2.24, 2.45) is 0 Å². The molecule has 0 N–H and O–H groups in total. The Bertz CT molecular complexity index is 603. The zero-order chi connectivity index (χ0) is 11.8. The van der Waals surface area contributed by atoms with Gasteiger partial charge in [-0.3, -0.25) is 0 Å². The largest absolute Gasteiger partial charge is 0.218 e. The Balaban J connectivity index is 2.61. The van der Waals surface area contributed by atoms with E-state index in [0.29, 0.717) is 13.6 Å². The van der Waals surface area contributed by atoms with Gasteiger partial charge in [0.15, 0.2) is 0 Å². The fraction of sp³-hybridized carbons (Fsp3) is 0. The number of sulfone groups is 1. The van der Waals surface area contributed by atoms with Crippen molar-refractivity contribution in [3.05, 3.63) is 44.0 Å². The molecule has 1 aromatic heterocycles. The second kappa shape index (κ2) is 4.60. The van der Waals surface area contributed by atoms with Crippen LogP contribution >= 0.6 is 43.2 Å². The normalized spacial score (nSPS) is 11.6. The van der Waals surface area contributed by atoms with Crippen LogP contribution in [0.25, 0.3) is 0 Å². The first-order chi connectivity index (χ1) is 7.51.